The monoisotopic (exact) mass is 324 g/mol. The first-order valence-corrected chi connectivity index (χ1v) is 7.63. The first-order chi connectivity index (χ1) is 11.6. The van der Waals surface area contributed by atoms with Gasteiger partial charge in [0.25, 0.3) is 0 Å². The highest BCUT2D eigenvalue weighted by Crippen LogP contribution is 2.32. The lowest BCUT2D eigenvalue weighted by atomic mass is 10.2. The lowest BCUT2D eigenvalue weighted by Crippen LogP contribution is -2.52. The maximum Gasteiger partial charge on any atom is 0.331 e. The van der Waals surface area contributed by atoms with Crippen LogP contribution in [0, 0.1) is 6.92 Å². The zero-order valence-electron chi connectivity index (χ0n) is 13.1. The molecule has 0 fully saturated rings. The van der Waals surface area contributed by atoms with Gasteiger partial charge in [0.05, 0.1) is 24.0 Å². The maximum atomic E-state index is 12.8. The summed E-state index contributed by atoms with van der Waals surface area (Å²) in [5.41, 5.74) is 8.00. The Kier molecular flexibility index (Phi) is 3.12. The number of aromatic nitrogens is 2. The number of nitrogens with zero attached hydrogens (tertiary/aromatic N) is 5. The van der Waals surface area contributed by atoms with Crippen LogP contribution in [-0.4, -0.2) is 52.1 Å². The molecule has 2 aliphatic rings. The van der Waals surface area contributed by atoms with Gasteiger partial charge in [0.15, 0.2) is 5.82 Å². The van der Waals surface area contributed by atoms with Crippen molar-refractivity contribution in [3.8, 4) is 5.69 Å². The minimum Gasteiger partial charge on any atom is -0.368 e. The minimum absolute atomic E-state index is 0.201. The number of hydrogen-bond acceptors (Lipinski definition) is 4. The number of hydrogen-bond donors (Lipinski definition) is 1. The molecule has 0 atom stereocenters. The van der Waals surface area contributed by atoms with Crippen LogP contribution in [0.15, 0.2) is 35.5 Å². The number of rotatable bonds is 3. The number of fused-ring (bicyclic) bond motifs is 3. The average molecular weight is 324 g/mol. The number of urea groups is 1. The summed E-state index contributed by atoms with van der Waals surface area (Å²) in [5.74, 6) is 0.555. The van der Waals surface area contributed by atoms with Gasteiger partial charge < -0.3 is 5.73 Å². The molecule has 8 nitrogen and oxygen atoms in total. The first kappa shape index (κ1) is 14.4. The molecule has 2 aliphatic heterocycles. The van der Waals surface area contributed by atoms with Crippen molar-refractivity contribution >= 4 is 23.6 Å². The van der Waals surface area contributed by atoms with Crippen molar-refractivity contribution in [3.05, 3.63) is 41.6 Å². The predicted molar refractivity (Wildman–Crippen MR) is 88.3 cm³/mol. The van der Waals surface area contributed by atoms with E-state index in [1.54, 1.807) is 15.8 Å². The van der Waals surface area contributed by atoms with Crippen molar-refractivity contribution in [1.29, 1.82) is 0 Å². The van der Waals surface area contributed by atoms with Crippen LogP contribution in [0.1, 0.15) is 11.1 Å². The second-order valence-electron chi connectivity index (χ2n) is 5.82. The van der Waals surface area contributed by atoms with Gasteiger partial charge in [-0.15, -0.1) is 0 Å². The van der Waals surface area contributed by atoms with E-state index in [0.717, 1.165) is 16.8 Å². The molecular weight excluding hydrogens is 308 g/mol. The van der Waals surface area contributed by atoms with E-state index < -0.39 is 5.91 Å². The van der Waals surface area contributed by atoms with E-state index in [1.807, 2.05) is 31.2 Å². The van der Waals surface area contributed by atoms with Gasteiger partial charge >= 0.3 is 6.03 Å². The van der Waals surface area contributed by atoms with Crippen molar-refractivity contribution in [1.82, 2.24) is 14.7 Å². The summed E-state index contributed by atoms with van der Waals surface area (Å²) in [6.45, 7) is 2.84. The summed E-state index contributed by atoms with van der Waals surface area (Å²) < 4.78 is 1.65. The van der Waals surface area contributed by atoms with Gasteiger partial charge in [0.2, 0.25) is 5.91 Å². The van der Waals surface area contributed by atoms with E-state index >= 15 is 0 Å². The van der Waals surface area contributed by atoms with Gasteiger partial charge in [0.1, 0.15) is 12.4 Å². The summed E-state index contributed by atoms with van der Waals surface area (Å²) in [5, 5.41) is 4.41. The van der Waals surface area contributed by atoms with Crippen LogP contribution < -0.4 is 10.6 Å². The highest BCUT2D eigenvalue weighted by atomic mass is 16.2. The molecule has 0 aliphatic carbocycles. The highest BCUT2D eigenvalue weighted by molar-refractivity contribution is 6.20. The molecule has 2 aromatic rings. The Balaban J connectivity index is 1.90. The Morgan fingerprint density at radius 2 is 2.04 bits per heavy atom. The van der Waals surface area contributed by atoms with E-state index in [4.69, 9.17) is 5.73 Å². The smallest absolute Gasteiger partial charge is 0.331 e. The first-order valence-electron chi connectivity index (χ1n) is 7.63. The van der Waals surface area contributed by atoms with Gasteiger partial charge in [-0.05, 0) is 19.1 Å². The van der Waals surface area contributed by atoms with Crippen LogP contribution >= 0.6 is 0 Å². The number of carbonyl (C=O) groups excluding carboxylic acids is 2. The zero-order valence-corrected chi connectivity index (χ0v) is 13.1. The lowest BCUT2D eigenvalue weighted by molar-refractivity contribution is -0.116. The SMILES string of the molecule is Cc1ccc(-n2ncc3c2N(CC(N)=O)C(=O)N2CCN=C32)cc1. The molecule has 2 N–H and O–H groups in total. The minimum atomic E-state index is -0.578. The highest BCUT2D eigenvalue weighted by Gasteiger charge is 2.40. The van der Waals surface area contributed by atoms with Gasteiger partial charge in [-0.3, -0.25) is 19.6 Å². The van der Waals surface area contributed by atoms with Gasteiger partial charge in [-0.25, -0.2) is 9.48 Å². The van der Waals surface area contributed by atoms with E-state index in [2.05, 4.69) is 10.1 Å². The number of anilines is 1. The largest absolute Gasteiger partial charge is 0.368 e. The van der Waals surface area contributed by atoms with Crippen molar-refractivity contribution in [2.24, 2.45) is 10.7 Å². The fourth-order valence-electron chi connectivity index (χ4n) is 3.03. The Hall–Kier alpha value is -3.16. The fraction of sp³-hybridized carbons (Fsp3) is 0.250. The van der Waals surface area contributed by atoms with E-state index in [-0.39, 0.29) is 12.6 Å². The molecule has 0 bridgehead atoms. The summed E-state index contributed by atoms with van der Waals surface area (Å²) >= 11 is 0. The Bertz CT molecular complexity index is 867. The summed E-state index contributed by atoms with van der Waals surface area (Å²) in [6, 6.07) is 7.46. The third-order valence-corrected chi connectivity index (χ3v) is 4.14. The van der Waals surface area contributed by atoms with Crippen LogP contribution in [-0.2, 0) is 4.79 Å². The zero-order chi connectivity index (χ0) is 16.8. The molecule has 4 rings (SSSR count). The number of aryl methyl sites for hydroxylation is 1. The van der Waals surface area contributed by atoms with Gasteiger partial charge in [-0.1, -0.05) is 17.7 Å². The van der Waals surface area contributed by atoms with Crippen LogP contribution in [0.4, 0.5) is 10.6 Å². The van der Waals surface area contributed by atoms with Crippen LogP contribution in [0.3, 0.4) is 0 Å². The quantitative estimate of drug-likeness (QED) is 0.898. The van der Waals surface area contributed by atoms with Crippen LogP contribution in [0.5, 0.6) is 0 Å². The normalized spacial score (nSPS) is 16.0. The number of carbonyl (C=O) groups is 2. The van der Waals surface area contributed by atoms with Crippen LogP contribution in [0.2, 0.25) is 0 Å². The third kappa shape index (κ3) is 2.07. The molecule has 0 radical (unpaired) electrons. The molecule has 3 amide bonds. The Labute approximate surface area is 138 Å². The van der Waals surface area contributed by atoms with Gasteiger partial charge in [-0.2, -0.15) is 5.10 Å². The maximum absolute atomic E-state index is 12.8. The number of benzene rings is 1. The van der Waals surface area contributed by atoms with Crippen molar-refractivity contribution < 1.29 is 9.59 Å². The van der Waals surface area contributed by atoms with Gasteiger partial charge in [0, 0.05) is 6.54 Å². The molecule has 122 valence electrons. The molecule has 0 unspecified atom stereocenters. The standard InChI is InChI=1S/C16H16N6O2/c1-10-2-4-11(5-3-10)22-15-12(8-19-22)14-18-6-7-20(14)16(24)21(15)9-13(17)23/h2-5,8H,6-7,9H2,1H3,(H2,17,23). The molecule has 8 heteroatoms. The average Bonchev–Trinajstić information content (AvgIpc) is 3.18. The van der Waals surface area contributed by atoms with E-state index in [9.17, 15) is 9.59 Å². The molecular formula is C16H16N6O2. The Morgan fingerprint density at radius 1 is 1.29 bits per heavy atom. The lowest BCUT2D eigenvalue weighted by Gasteiger charge is -2.33. The number of nitrogens with two attached hydrogens (primary N) is 1. The molecule has 3 heterocycles. The summed E-state index contributed by atoms with van der Waals surface area (Å²) in [4.78, 5) is 31.6. The number of amides is 3. The molecule has 1 aromatic heterocycles. The number of primary amides is 1. The molecule has 0 saturated heterocycles. The third-order valence-electron chi connectivity index (χ3n) is 4.14. The molecule has 24 heavy (non-hydrogen) atoms. The van der Waals surface area contributed by atoms with Crippen molar-refractivity contribution in [2.45, 2.75) is 6.92 Å². The second-order valence-corrected chi connectivity index (χ2v) is 5.82. The molecule has 0 spiro atoms. The van der Waals surface area contributed by atoms with Crippen molar-refractivity contribution in [2.75, 3.05) is 24.5 Å². The number of amidine groups is 1. The fourth-order valence-corrected chi connectivity index (χ4v) is 3.03. The summed E-state index contributed by atoms with van der Waals surface area (Å²) in [6.07, 6.45) is 1.67. The Morgan fingerprint density at radius 3 is 2.75 bits per heavy atom. The molecule has 1 aromatic carbocycles. The molecule has 0 saturated carbocycles. The van der Waals surface area contributed by atoms with Crippen LogP contribution in [0.25, 0.3) is 5.69 Å². The van der Waals surface area contributed by atoms with E-state index in [1.165, 1.54) is 4.90 Å². The second kappa shape index (κ2) is 5.19. The summed E-state index contributed by atoms with van der Waals surface area (Å²) in [7, 11) is 0. The topological polar surface area (TPSA) is 96.8 Å². The number of aliphatic imine (C=N–C) groups is 1. The van der Waals surface area contributed by atoms with E-state index in [0.29, 0.717) is 24.7 Å². The van der Waals surface area contributed by atoms with Crippen molar-refractivity contribution in [3.63, 3.8) is 0 Å². The predicted octanol–water partition coefficient (Wildman–Crippen LogP) is 0.668.